The van der Waals surface area contributed by atoms with Crippen LogP contribution in [0.25, 0.3) is 0 Å². The highest BCUT2D eigenvalue weighted by Gasteiger charge is 2.20. The Morgan fingerprint density at radius 3 is 1.37 bits per heavy atom. The minimum absolute atomic E-state index is 0. The van der Waals surface area contributed by atoms with Gasteiger partial charge in [0.1, 0.15) is 12.4 Å². The summed E-state index contributed by atoms with van der Waals surface area (Å²) in [6, 6.07) is 21.6. The summed E-state index contributed by atoms with van der Waals surface area (Å²) < 4.78 is 42.5. The average Bonchev–Trinajstić information content (AvgIpc) is 3.82. The molecule has 0 aliphatic carbocycles. The van der Waals surface area contributed by atoms with Gasteiger partial charge in [-0.1, -0.05) is 42.9 Å². The SMILES string of the molecule is Brc1ccc2c(c1)OCO2.C.C.O=Cc1ccc2c(c1)OCO2.OC(c1ccc2c(c1)OCO2)c1ccc2c(c1)OCO2. The van der Waals surface area contributed by atoms with Gasteiger partial charge in [-0.15, -0.1) is 0 Å². The second kappa shape index (κ2) is 14.0. The van der Waals surface area contributed by atoms with Crippen LogP contribution < -0.4 is 37.9 Å². The Balaban J connectivity index is 0.000000157. The van der Waals surface area contributed by atoms with Gasteiger partial charge in [-0.25, -0.2) is 0 Å². The molecule has 0 aromatic heterocycles. The molecular formula is C32H31BrO10. The second-order valence-corrected chi connectivity index (χ2v) is 9.77. The molecule has 4 aromatic carbocycles. The highest BCUT2D eigenvalue weighted by molar-refractivity contribution is 9.10. The average molecular weight is 655 g/mol. The lowest BCUT2D eigenvalue weighted by Gasteiger charge is -2.12. The number of fused-ring (bicyclic) bond motifs is 4. The lowest BCUT2D eigenvalue weighted by molar-refractivity contribution is 0.112. The van der Waals surface area contributed by atoms with E-state index in [1.54, 1.807) is 42.5 Å². The van der Waals surface area contributed by atoms with E-state index in [0.29, 0.717) is 46.9 Å². The number of aliphatic hydroxyl groups excluding tert-OH is 1. The molecular weight excluding hydrogens is 624 g/mol. The molecule has 0 bridgehead atoms. The summed E-state index contributed by atoms with van der Waals surface area (Å²) in [5.41, 5.74) is 2.09. The van der Waals surface area contributed by atoms with Crippen molar-refractivity contribution in [2.24, 2.45) is 0 Å². The number of aliphatic hydroxyl groups is 1. The molecule has 0 unspecified atom stereocenters. The molecule has 4 heterocycles. The topological polar surface area (TPSA) is 111 Å². The quantitative estimate of drug-likeness (QED) is 0.234. The minimum Gasteiger partial charge on any atom is -0.454 e. The number of hydrogen-bond donors (Lipinski definition) is 1. The number of aldehydes is 1. The monoisotopic (exact) mass is 654 g/mol. The molecule has 10 nitrogen and oxygen atoms in total. The van der Waals surface area contributed by atoms with Gasteiger partial charge in [0.2, 0.25) is 27.2 Å². The number of hydrogen-bond acceptors (Lipinski definition) is 10. The molecule has 0 saturated heterocycles. The zero-order chi connectivity index (χ0) is 28.2. The molecule has 0 spiro atoms. The molecule has 4 aliphatic heterocycles. The molecule has 43 heavy (non-hydrogen) atoms. The zero-order valence-electron chi connectivity index (χ0n) is 21.4. The smallest absolute Gasteiger partial charge is 0.231 e. The Morgan fingerprint density at radius 1 is 0.535 bits per heavy atom. The summed E-state index contributed by atoms with van der Waals surface area (Å²) >= 11 is 3.33. The summed E-state index contributed by atoms with van der Waals surface area (Å²) in [5, 5.41) is 10.5. The van der Waals surface area contributed by atoms with Crippen LogP contribution in [0.5, 0.6) is 46.0 Å². The highest BCUT2D eigenvalue weighted by atomic mass is 79.9. The van der Waals surface area contributed by atoms with Gasteiger partial charge in [0.15, 0.2) is 46.0 Å². The van der Waals surface area contributed by atoms with Crippen molar-refractivity contribution >= 4 is 22.2 Å². The fourth-order valence-electron chi connectivity index (χ4n) is 4.22. The van der Waals surface area contributed by atoms with Crippen molar-refractivity contribution in [3.63, 3.8) is 0 Å². The third-order valence-electron chi connectivity index (χ3n) is 6.29. The van der Waals surface area contributed by atoms with Crippen molar-refractivity contribution in [1.29, 1.82) is 0 Å². The van der Waals surface area contributed by atoms with Crippen molar-refractivity contribution < 1.29 is 47.8 Å². The van der Waals surface area contributed by atoms with Crippen LogP contribution in [0.2, 0.25) is 0 Å². The molecule has 0 atom stereocenters. The molecule has 0 fully saturated rings. The molecule has 4 aromatic rings. The van der Waals surface area contributed by atoms with Crippen LogP contribution in [0.3, 0.4) is 0 Å². The van der Waals surface area contributed by atoms with E-state index in [2.05, 4.69) is 15.9 Å². The van der Waals surface area contributed by atoms with Crippen molar-refractivity contribution in [2.45, 2.75) is 21.0 Å². The fraction of sp³-hybridized carbons (Fsp3) is 0.219. The predicted molar refractivity (Wildman–Crippen MR) is 161 cm³/mol. The number of halogens is 1. The van der Waals surface area contributed by atoms with Crippen LogP contribution in [0.15, 0.2) is 77.3 Å². The Bertz CT molecular complexity index is 1520. The van der Waals surface area contributed by atoms with Crippen LogP contribution >= 0.6 is 15.9 Å². The van der Waals surface area contributed by atoms with Gasteiger partial charge in [0.25, 0.3) is 0 Å². The van der Waals surface area contributed by atoms with Gasteiger partial charge in [-0.3, -0.25) is 4.79 Å². The van der Waals surface area contributed by atoms with Gasteiger partial charge in [-0.05, 0) is 71.8 Å². The van der Waals surface area contributed by atoms with E-state index in [1.807, 2.05) is 30.3 Å². The maximum atomic E-state index is 10.5. The molecule has 11 heteroatoms. The predicted octanol–water partition coefficient (Wildman–Crippen LogP) is 6.90. The zero-order valence-corrected chi connectivity index (χ0v) is 23.0. The Labute approximate surface area is 257 Å². The van der Waals surface area contributed by atoms with Crippen molar-refractivity contribution in [3.05, 3.63) is 94.0 Å². The number of carbonyl (C=O) groups excluding carboxylic acids is 1. The van der Waals surface area contributed by atoms with Crippen LogP contribution in [0.4, 0.5) is 0 Å². The summed E-state index contributed by atoms with van der Waals surface area (Å²) in [6.07, 6.45) is 0.0288. The maximum absolute atomic E-state index is 10.5. The number of ether oxygens (including phenoxy) is 8. The van der Waals surface area contributed by atoms with E-state index >= 15 is 0 Å². The van der Waals surface area contributed by atoms with Crippen LogP contribution in [-0.4, -0.2) is 38.6 Å². The first-order chi connectivity index (χ1) is 20.1. The summed E-state index contributed by atoms with van der Waals surface area (Å²) in [6.45, 7) is 1.03. The van der Waals surface area contributed by atoms with E-state index in [1.165, 1.54) is 0 Å². The molecule has 1 N–H and O–H groups in total. The first-order valence-electron chi connectivity index (χ1n) is 12.4. The third-order valence-corrected chi connectivity index (χ3v) is 6.79. The van der Waals surface area contributed by atoms with E-state index in [0.717, 1.165) is 33.4 Å². The van der Waals surface area contributed by atoms with Crippen LogP contribution in [0, 0.1) is 0 Å². The number of rotatable bonds is 3. The highest BCUT2D eigenvalue weighted by Crippen LogP contribution is 2.39. The molecule has 226 valence electrons. The molecule has 0 radical (unpaired) electrons. The lowest BCUT2D eigenvalue weighted by Crippen LogP contribution is -1.99. The van der Waals surface area contributed by atoms with Crippen LogP contribution in [0.1, 0.15) is 42.4 Å². The van der Waals surface area contributed by atoms with Gasteiger partial charge >= 0.3 is 0 Å². The second-order valence-electron chi connectivity index (χ2n) is 8.86. The third kappa shape index (κ3) is 7.07. The van der Waals surface area contributed by atoms with Gasteiger partial charge in [-0.2, -0.15) is 0 Å². The summed E-state index contributed by atoms with van der Waals surface area (Å²) in [5.74, 6) is 5.70. The molecule has 0 amide bonds. The van der Waals surface area contributed by atoms with Crippen LogP contribution in [-0.2, 0) is 0 Å². The number of carbonyl (C=O) groups is 1. The number of benzene rings is 4. The first kappa shape index (κ1) is 31.3. The van der Waals surface area contributed by atoms with E-state index < -0.39 is 6.10 Å². The van der Waals surface area contributed by atoms with Crippen molar-refractivity contribution in [2.75, 3.05) is 27.2 Å². The van der Waals surface area contributed by atoms with Crippen molar-refractivity contribution in [1.82, 2.24) is 0 Å². The molecule has 4 aliphatic rings. The standard InChI is InChI=1S/C15H12O5.C8H6O3.C7H5BrO2.2CH4/c16-15(9-1-3-11-13(5-9)19-7-17-11)10-2-4-12-14(6-10)20-8-18-12;9-4-6-1-2-7-8(3-6)11-5-10-7;8-5-1-2-6-7(3-5)10-4-9-6;;/h1-6,15-16H,7-8H2;1-4H,5H2;1-3H,4H2;2*1H4. The minimum atomic E-state index is -0.751. The maximum Gasteiger partial charge on any atom is 0.231 e. The van der Waals surface area contributed by atoms with E-state index in [9.17, 15) is 9.90 Å². The van der Waals surface area contributed by atoms with Gasteiger partial charge < -0.3 is 43.0 Å². The summed E-state index contributed by atoms with van der Waals surface area (Å²) in [4.78, 5) is 10.3. The van der Waals surface area contributed by atoms with E-state index in [4.69, 9.17) is 37.9 Å². The first-order valence-corrected chi connectivity index (χ1v) is 13.2. The Morgan fingerprint density at radius 2 is 0.907 bits per heavy atom. The van der Waals surface area contributed by atoms with Crippen molar-refractivity contribution in [3.8, 4) is 46.0 Å². The van der Waals surface area contributed by atoms with Gasteiger partial charge in [0, 0.05) is 10.0 Å². The fourth-order valence-corrected chi connectivity index (χ4v) is 4.56. The van der Waals surface area contributed by atoms with Gasteiger partial charge in [0.05, 0.1) is 0 Å². The van der Waals surface area contributed by atoms with E-state index in [-0.39, 0.29) is 35.2 Å². The summed E-state index contributed by atoms with van der Waals surface area (Å²) in [7, 11) is 0. The Hall–Kier alpha value is -4.61. The normalized spacial score (nSPS) is 13.5. The Kier molecular flexibility index (Phi) is 10.2. The largest absolute Gasteiger partial charge is 0.454 e. The molecule has 0 saturated carbocycles. The lowest BCUT2D eigenvalue weighted by atomic mass is 10.0. The molecule has 8 rings (SSSR count).